The van der Waals surface area contributed by atoms with Crippen LogP contribution in [0.2, 0.25) is 0 Å². The number of primary sulfonamides is 1. The van der Waals surface area contributed by atoms with Gasteiger partial charge in [-0.05, 0) is 79.6 Å². The fourth-order valence-corrected chi connectivity index (χ4v) is 3.99. The number of nitrogens with two attached hydrogens (primary N) is 1. The Balaban J connectivity index is 1.92. The first-order valence-electron chi connectivity index (χ1n) is 7.83. The molecule has 0 aromatic heterocycles. The first kappa shape index (κ1) is 16.7. The monoisotopic (exact) mass is 344 g/mol. The summed E-state index contributed by atoms with van der Waals surface area (Å²) in [5.41, 5.74) is 4.86. The van der Waals surface area contributed by atoms with Gasteiger partial charge in [-0.2, -0.15) is 0 Å². The molecule has 3 N–H and O–H groups in total. The topological polar surface area (TPSA) is 89.3 Å². The Morgan fingerprint density at radius 1 is 1.08 bits per heavy atom. The van der Waals surface area contributed by atoms with Gasteiger partial charge >= 0.3 is 0 Å². The number of carbonyl (C=O) groups is 1. The zero-order chi connectivity index (χ0) is 17.5. The molecular weight excluding hydrogens is 324 g/mol. The molecule has 0 aliphatic heterocycles. The number of anilines is 1. The van der Waals surface area contributed by atoms with Gasteiger partial charge in [0.25, 0.3) is 5.91 Å². The molecule has 24 heavy (non-hydrogen) atoms. The number of hydrogen-bond acceptors (Lipinski definition) is 3. The maximum atomic E-state index is 12.5. The second-order valence-electron chi connectivity index (χ2n) is 6.25. The van der Waals surface area contributed by atoms with Gasteiger partial charge in [0, 0.05) is 11.3 Å². The van der Waals surface area contributed by atoms with Crippen molar-refractivity contribution in [2.45, 2.75) is 38.0 Å². The lowest BCUT2D eigenvalue weighted by Gasteiger charge is -2.12. The summed E-state index contributed by atoms with van der Waals surface area (Å²) in [6, 6.07) is 8.91. The summed E-state index contributed by atoms with van der Waals surface area (Å²) in [6.45, 7) is 3.44. The van der Waals surface area contributed by atoms with Crippen LogP contribution in [0.1, 0.15) is 39.0 Å². The number of sulfonamides is 1. The van der Waals surface area contributed by atoms with E-state index < -0.39 is 10.0 Å². The fraction of sp³-hybridized carbons (Fsp3) is 0.278. The highest BCUT2D eigenvalue weighted by molar-refractivity contribution is 7.89. The van der Waals surface area contributed by atoms with Gasteiger partial charge in [0.2, 0.25) is 10.0 Å². The number of fused-ring (bicyclic) bond motifs is 1. The molecule has 0 atom stereocenters. The van der Waals surface area contributed by atoms with E-state index >= 15 is 0 Å². The predicted octanol–water partition coefficient (Wildman–Crippen LogP) is 2.69. The lowest BCUT2D eigenvalue weighted by Crippen LogP contribution is -2.18. The minimum atomic E-state index is -3.87. The van der Waals surface area contributed by atoms with E-state index in [0.29, 0.717) is 11.1 Å². The minimum Gasteiger partial charge on any atom is -0.322 e. The molecule has 5 nitrogen and oxygen atoms in total. The summed E-state index contributed by atoms with van der Waals surface area (Å²) in [5.74, 6) is -0.346. The van der Waals surface area contributed by atoms with Crippen molar-refractivity contribution in [2.24, 2.45) is 5.14 Å². The third kappa shape index (κ3) is 3.20. The van der Waals surface area contributed by atoms with Crippen molar-refractivity contribution >= 4 is 21.6 Å². The van der Waals surface area contributed by atoms with Crippen molar-refractivity contribution in [3.8, 4) is 0 Å². The van der Waals surface area contributed by atoms with Crippen LogP contribution >= 0.6 is 0 Å². The van der Waals surface area contributed by atoms with E-state index in [2.05, 4.69) is 5.32 Å². The van der Waals surface area contributed by atoms with E-state index in [0.717, 1.165) is 24.9 Å². The smallest absolute Gasteiger partial charge is 0.255 e. The van der Waals surface area contributed by atoms with Crippen molar-refractivity contribution in [3.05, 3.63) is 58.1 Å². The van der Waals surface area contributed by atoms with Crippen molar-refractivity contribution in [1.82, 2.24) is 0 Å². The SMILES string of the molecule is Cc1cc(C(=O)Nc2ccc3c(c2)CCC3)cc(S(N)(=O)=O)c1C. The van der Waals surface area contributed by atoms with Gasteiger partial charge in [-0.3, -0.25) is 4.79 Å². The molecule has 0 fully saturated rings. The molecule has 1 aliphatic carbocycles. The van der Waals surface area contributed by atoms with Crippen LogP contribution in [0.15, 0.2) is 35.2 Å². The number of carbonyl (C=O) groups excluding carboxylic acids is 1. The Bertz CT molecular complexity index is 934. The third-order valence-electron chi connectivity index (χ3n) is 4.54. The summed E-state index contributed by atoms with van der Waals surface area (Å²) >= 11 is 0. The second kappa shape index (κ2) is 6.03. The molecular formula is C18H20N2O3S. The van der Waals surface area contributed by atoms with Crippen LogP contribution in [0, 0.1) is 13.8 Å². The summed E-state index contributed by atoms with van der Waals surface area (Å²) < 4.78 is 23.4. The van der Waals surface area contributed by atoms with E-state index in [1.54, 1.807) is 19.9 Å². The van der Waals surface area contributed by atoms with E-state index in [4.69, 9.17) is 5.14 Å². The van der Waals surface area contributed by atoms with Crippen LogP contribution < -0.4 is 10.5 Å². The van der Waals surface area contributed by atoms with E-state index in [-0.39, 0.29) is 16.4 Å². The molecule has 2 aromatic carbocycles. The minimum absolute atomic E-state index is 0.0124. The maximum absolute atomic E-state index is 12.5. The van der Waals surface area contributed by atoms with Crippen LogP contribution in [-0.2, 0) is 22.9 Å². The van der Waals surface area contributed by atoms with Gasteiger partial charge in [0.05, 0.1) is 4.90 Å². The lowest BCUT2D eigenvalue weighted by atomic mass is 10.1. The van der Waals surface area contributed by atoms with Gasteiger partial charge in [0.1, 0.15) is 0 Å². The average molecular weight is 344 g/mol. The normalized spacial score (nSPS) is 13.6. The first-order chi connectivity index (χ1) is 11.3. The van der Waals surface area contributed by atoms with Gasteiger partial charge in [-0.25, -0.2) is 13.6 Å². The van der Waals surface area contributed by atoms with Crippen LogP contribution in [0.3, 0.4) is 0 Å². The van der Waals surface area contributed by atoms with Crippen molar-refractivity contribution < 1.29 is 13.2 Å². The van der Waals surface area contributed by atoms with Crippen molar-refractivity contribution in [1.29, 1.82) is 0 Å². The molecule has 0 saturated heterocycles. The lowest BCUT2D eigenvalue weighted by molar-refractivity contribution is 0.102. The van der Waals surface area contributed by atoms with Gasteiger partial charge in [-0.1, -0.05) is 6.07 Å². The molecule has 1 amide bonds. The predicted molar refractivity (Wildman–Crippen MR) is 93.7 cm³/mol. The van der Waals surface area contributed by atoms with Gasteiger partial charge in [0.15, 0.2) is 0 Å². The second-order valence-corrected chi connectivity index (χ2v) is 7.78. The first-order valence-corrected chi connectivity index (χ1v) is 9.37. The van der Waals surface area contributed by atoms with Crippen LogP contribution in [0.25, 0.3) is 0 Å². The molecule has 1 aliphatic rings. The Morgan fingerprint density at radius 3 is 2.50 bits per heavy atom. The van der Waals surface area contributed by atoms with Crippen LogP contribution in [-0.4, -0.2) is 14.3 Å². The van der Waals surface area contributed by atoms with E-state index in [1.807, 2.05) is 18.2 Å². The maximum Gasteiger partial charge on any atom is 0.255 e. The number of nitrogens with one attached hydrogen (secondary N) is 1. The fourth-order valence-electron chi connectivity index (χ4n) is 3.11. The summed E-state index contributed by atoms with van der Waals surface area (Å²) in [6.07, 6.45) is 3.25. The zero-order valence-corrected chi connectivity index (χ0v) is 14.5. The number of benzene rings is 2. The Morgan fingerprint density at radius 2 is 1.79 bits per heavy atom. The van der Waals surface area contributed by atoms with Crippen LogP contribution in [0.4, 0.5) is 5.69 Å². The molecule has 0 unspecified atom stereocenters. The average Bonchev–Trinajstić information content (AvgIpc) is 2.96. The van der Waals surface area contributed by atoms with Crippen molar-refractivity contribution in [2.75, 3.05) is 5.32 Å². The molecule has 0 radical (unpaired) electrons. The Labute approximate surface area is 141 Å². The Kier molecular flexibility index (Phi) is 4.19. The molecule has 3 rings (SSSR count). The largest absolute Gasteiger partial charge is 0.322 e. The molecule has 6 heteroatoms. The highest BCUT2D eigenvalue weighted by Crippen LogP contribution is 2.26. The number of hydrogen-bond donors (Lipinski definition) is 2. The summed E-state index contributed by atoms with van der Waals surface area (Å²) in [4.78, 5) is 12.5. The molecule has 0 heterocycles. The number of aryl methyl sites for hydroxylation is 3. The molecule has 0 bridgehead atoms. The standard InChI is InChI=1S/C18H20N2O3S/c1-11-8-15(10-17(12(11)2)24(19,22)23)18(21)20-16-7-6-13-4-3-5-14(13)9-16/h6-10H,3-5H2,1-2H3,(H,20,21)(H2,19,22,23). The van der Waals surface area contributed by atoms with Gasteiger partial charge in [-0.15, -0.1) is 0 Å². The molecule has 126 valence electrons. The number of rotatable bonds is 3. The molecule has 0 spiro atoms. The molecule has 2 aromatic rings. The summed E-state index contributed by atoms with van der Waals surface area (Å²) in [7, 11) is -3.87. The van der Waals surface area contributed by atoms with Crippen molar-refractivity contribution in [3.63, 3.8) is 0 Å². The third-order valence-corrected chi connectivity index (χ3v) is 5.58. The summed E-state index contributed by atoms with van der Waals surface area (Å²) in [5, 5.41) is 8.09. The van der Waals surface area contributed by atoms with Crippen LogP contribution in [0.5, 0.6) is 0 Å². The molecule has 0 saturated carbocycles. The number of amides is 1. The highest BCUT2D eigenvalue weighted by Gasteiger charge is 2.18. The highest BCUT2D eigenvalue weighted by atomic mass is 32.2. The van der Waals surface area contributed by atoms with E-state index in [1.165, 1.54) is 17.2 Å². The zero-order valence-electron chi connectivity index (χ0n) is 13.7. The van der Waals surface area contributed by atoms with Gasteiger partial charge < -0.3 is 5.32 Å². The quantitative estimate of drug-likeness (QED) is 0.897. The Hall–Kier alpha value is -2.18. The van der Waals surface area contributed by atoms with E-state index in [9.17, 15) is 13.2 Å².